The summed E-state index contributed by atoms with van der Waals surface area (Å²) in [4.78, 5) is 11.7. The zero-order valence-corrected chi connectivity index (χ0v) is 9.99. The van der Waals surface area contributed by atoms with E-state index in [2.05, 4.69) is 15.0 Å². The summed E-state index contributed by atoms with van der Waals surface area (Å²) in [6.07, 6.45) is 0. The largest absolute Gasteiger partial charge is 0.467 e. The molecule has 0 spiro atoms. The summed E-state index contributed by atoms with van der Waals surface area (Å²) >= 11 is 5.73. The summed E-state index contributed by atoms with van der Waals surface area (Å²) in [5, 5.41) is 0.00973. The van der Waals surface area contributed by atoms with Gasteiger partial charge in [-0.3, -0.25) is 0 Å². The van der Waals surface area contributed by atoms with Crippen LogP contribution in [0.1, 0.15) is 5.56 Å². The van der Waals surface area contributed by atoms with Crippen LogP contribution >= 0.6 is 11.6 Å². The van der Waals surface area contributed by atoms with Crippen molar-refractivity contribution in [3.63, 3.8) is 0 Å². The second-order valence-corrected chi connectivity index (χ2v) is 3.71. The van der Waals surface area contributed by atoms with Gasteiger partial charge in [0.1, 0.15) is 5.82 Å². The van der Waals surface area contributed by atoms with E-state index in [-0.39, 0.29) is 17.1 Å². The van der Waals surface area contributed by atoms with Gasteiger partial charge in [0.05, 0.1) is 7.11 Å². The molecule has 0 saturated heterocycles. The van der Waals surface area contributed by atoms with E-state index in [1.54, 1.807) is 6.07 Å². The van der Waals surface area contributed by atoms with Crippen molar-refractivity contribution in [1.29, 1.82) is 0 Å². The minimum Gasteiger partial charge on any atom is -0.467 e. The van der Waals surface area contributed by atoms with Gasteiger partial charge in [-0.2, -0.15) is 15.0 Å². The average Bonchev–Trinajstić information content (AvgIpc) is 2.31. The minimum atomic E-state index is -0.360. The van der Waals surface area contributed by atoms with E-state index >= 15 is 0 Å². The molecular weight excluding hydrogens is 245 g/mol. The van der Waals surface area contributed by atoms with Crippen molar-refractivity contribution in [3.8, 4) is 17.4 Å². The molecule has 0 bridgehead atoms. The van der Waals surface area contributed by atoms with Crippen LogP contribution in [0.15, 0.2) is 18.2 Å². The Labute approximate surface area is 102 Å². The highest BCUT2D eigenvalue weighted by molar-refractivity contribution is 6.28. The van der Waals surface area contributed by atoms with E-state index in [9.17, 15) is 4.39 Å². The van der Waals surface area contributed by atoms with E-state index < -0.39 is 0 Å². The molecule has 4 nitrogen and oxygen atoms in total. The zero-order valence-electron chi connectivity index (χ0n) is 9.24. The van der Waals surface area contributed by atoms with Crippen LogP contribution in [0.3, 0.4) is 0 Å². The molecule has 6 heteroatoms. The number of nitrogens with zero attached hydrogens (tertiary/aromatic N) is 3. The van der Waals surface area contributed by atoms with Crippen molar-refractivity contribution in [2.24, 2.45) is 0 Å². The van der Waals surface area contributed by atoms with Gasteiger partial charge in [0.15, 0.2) is 5.82 Å². The molecule has 0 fully saturated rings. The van der Waals surface area contributed by atoms with E-state index in [0.29, 0.717) is 11.4 Å². The van der Waals surface area contributed by atoms with Gasteiger partial charge in [-0.1, -0.05) is 6.07 Å². The number of aryl methyl sites for hydroxylation is 1. The van der Waals surface area contributed by atoms with Crippen molar-refractivity contribution in [3.05, 3.63) is 34.9 Å². The lowest BCUT2D eigenvalue weighted by Gasteiger charge is -2.06. The molecular formula is C11H9ClFN3O. The number of benzene rings is 1. The summed E-state index contributed by atoms with van der Waals surface area (Å²) in [6, 6.07) is 4.47. The summed E-state index contributed by atoms with van der Waals surface area (Å²) in [5.74, 6) is -0.0695. The Kier molecular flexibility index (Phi) is 3.19. The van der Waals surface area contributed by atoms with Gasteiger partial charge in [-0.25, -0.2) is 4.39 Å². The first-order valence-corrected chi connectivity index (χ1v) is 5.20. The quantitative estimate of drug-likeness (QED) is 0.826. The molecule has 17 heavy (non-hydrogen) atoms. The fourth-order valence-electron chi connectivity index (χ4n) is 1.38. The molecule has 88 valence electrons. The number of methoxy groups -OCH3 is 1. The highest BCUT2D eigenvalue weighted by Gasteiger charge is 2.10. The molecule has 0 N–H and O–H groups in total. The number of ether oxygens (including phenoxy) is 1. The third-order valence-electron chi connectivity index (χ3n) is 2.21. The molecule has 0 aliphatic heterocycles. The third-order valence-corrected chi connectivity index (χ3v) is 2.38. The molecule has 1 heterocycles. The smallest absolute Gasteiger partial charge is 0.321 e. The standard InChI is InChI=1S/C11H9ClFN3O/c1-6-3-4-7(13)5-8(6)9-14-10(12)16-11(15-9)17-2/h3-5H,1-2H3. The number of aromatic nitrogens is 3. The summed E-state index contributed by atoms with van der Waals surface area (Å²) < 4.78 is 18.1. The minimum absolute atomic E-state index is 0.00973. The molecule has 1 aromatic carbocycles. The Hall–Kier alpha value is -1.75. The monoisotopic (exact) mass is 253 g/mol. The lowest BCUT2D eigenvalue weighted by atomic mass is 10.1. The molecule has 2 aromatic rings. The molecule has 0 atom stereocenters. The summed E-state index contributed by atoms with van der Waals surface area (Å²) in [6.45, 7) is 1.83. The third kappa shape index (κ3) is 2.50. The van der Waals surface area contributed by atoms with E-state index in [0.717, 1.165) is 5.56 Å². The van der Waals surface area contributed by atoms with Crippen LogP contribution in [0.4, 0.5) is 4.39 Å². The molecule has 0 aliphatic carbocycles. The van der Waals surface area contributed by atoms with Crippen molar-refractivity contribution in [2.75, 3.05) is 7.11 Å². The summed E-state index contributed by atoms with van der Waals surface area (Å²) in [5.41, 5.74) is 1.41. The van der Waals surface area contributed by atoms with Crippen molar-refractivity contribution in [1.82, 2.24) is 15.0 Å². The Bertz CT molecular complexity index is 562. The van der Waals surface area contributed by atoms with Crippen LogP contribution in [0.25, 0.3) is 11.4 Å². The number of rotatable bonds is 2. The van der Waals surface area contributed by atoms with Gasteiger partial charge in [-0.05, 0) is 36.2 Å². The van der Waals surface area contributed by atoms with Crippen molar-refractivity contribution < 1.29 is 9.13 Å². The van der Waals surface area contributed by atoms with Gasteiger partial charge in [0.2, 0.25) is 5.28 Å². The second kappa shape index (κ2) is 4.63. The topological polar surface area (TPSA) is 47.9 Å². The first-order chi connectivity index (χ1) is 8.10. The van der Waals surface area contributed by atoms with Gasteiger partial charge in [0, 0.05) is 5.56 Å². The normalized spacial score (nSPS) is 10.4. The Morgan fingerprint density at radius 2 is 2.00 bits per heavy atom. The zero-order chi connectivity index (χ0) is 12.4. The predicted octanol–water partition coefficient (Wildman–Crippen LogP) is 2.65. The van der Waals surface area contributed by atoms with Gasteiger partial charge in [0.25, 0.3) is 0 Å². The lowest BCUT2D eigenvalue weighted by molar-refractivity contribution is 0.378. The number of hydrogen-bond acceptors (Lipinski definition) is 4. The fourth-order valence-corrected chi connectivity index (χ4v) is 1.53. The highest BCUT2D eigenvalue weighted by Crippen LogP contribution is 2.23. The Morgan fingerprint density at radius 1 is 1.24 bits per heavy atom. The number of halogens is 2. The SMILES string of the molecule is COc1nc(Cl)nc(-c2cc(F)ccc2C)n1. The maximum atomic E-state index is 13.2. The van der Waals surface area contributed by atoms with Crippen LogP contribution in [-0.2, 0) is 0 Å². The van der Waals surface area contributed by atoms with Gasteiger partial charge < -0.3 is 4.74 Å². The summed E-state index contributed by atoms with van der Waals surface area (Å²) in [7, 11) is 1.42. The van der Waals surface area contributed by atoms with Crippen LogP contribution in [0, 0.1) is 12.7 Å². The molecule has 2 rings (SSSR count). The Balaban J connectivity index is 2.59. The first kappa shape index (κ1) is 11.7. The molecule has 1 aromatic heterocycles. The molecule has 0 radical (unpaired) electrons. The van der Waals surface area contributed by atoms with E-state index in [4.69, 9.17) is 16.3 Å². The van der Waals surface area contributed by atoms with Crippen LogP contribution in [0.2, 0.25) is 5.28 Å². The van der Waals surface area contributed by atoms with Crippen molar-refractivity contribution >= 4 is 11.6 Å². The molecule has 0 unspecified atom stereocenters. The molecule has 0 saturated carbocycles. The van der Waals surface area contributed by atoms with Gasteiger partial charge in [-0.15, -0.1) is 0 Å². The van der Waals surface area contributed by atoms with Crippen LogP contribution < -0.4 is 4.74 Å². The maximum absolute atomic E-state index is 13.2. The van der Waals surface area contributed by atoms with Crippen LogP contribution in [0.5, 0.6) is 6.01 Å². The van der Waals surface area contributed by atoms with E-state index in [1.807, 2.05) is 6.92 Å². The average molecular weight is 254 g/mol. The van der Waals surface area contributed by atoms with Gasteiger partial charge >= 0.3 is 6.01 Å². The fraction of sp³-hybridized carbons (Fsp3) is 0.182. The van der Waals surface area contributed by atoms with Crippen molar-refractivity contribution in [2.45, 2.75) is 6.92 Å². The second-order valence-electron chi connectivity index (χ2n) is 3.37. The van der Waals surface area contributed by atoms with Crippen LogP contribution in [-0.4, -0.2) is 22.1 Å². The number of hydrogen-bond donors (Lipinski definition) is 0. The highest BCUT2D eigenvalue weighted by atomic mass is 35.5. The predicted molar refractivity (Wildman–Crippen MR) is 61.5 cm³/mol. The lowest BCUT2D eigenvalue weighted by Crippen LogP contribution is -1.99. The molecule has 0 aliphatic rings. The first-order valence-electron chi connectivity index (χ1n) is 4.82. The maximum Gasteiger partial charge on any atom is 0.321 e. The molecule has 0 amide bonds. The Morgan fingerprint density at radius 3 is 2.71 bits per heavy atom. The van der Waals surface area contributed by atoms with E-state index in [1.165, 1.54) is 19.2 Å².